The van der Waals surface area contributed by atoms with E-state index < -0.39 is 59.1 Å². The molecule has 1 aliphatic heterocycles. The molecule has 10 N–H and O–H groups in total. The number of aromatic nitrogens is 3. The maximum atomic E-state index is 12.2. The zero-order valence-electron chi connectivity index (χ0n) is 18.4. The van der Waals surface area contributed by atoms with E-state index >= 15 is 0 Å². The number of anilines is 1. The second-order valence-corrected chi connectivity index (χ2v) is 11.9. The van der Waals surface area contributed by atoms with Crippen molar-refractivity contribution >= 4 is 40.4 Å². The molecule has 3 heterocycles. The van der Waals surface area contributed by atoms with E-state index in [2.05, 4.69) is 30.4 Å². The number of ether oxygens (including phenoxy) is 1. The van der Waals surface area contributed by atoms with Gasteiger partial charge >= 0.3 is 23.5 Å². The van der Waals surface area contributed by atoms with Crippen LogP contribution in [0.4, 0.5) is 5.95 Å². The van der Waals surface area contributed by atoms with E-state index in [1.807, 2.05) is 0 Å². The van der Waals surface area contributed by atoms with E-state index in [1.165, 1.54) is 23.8 Å². The van der Waals surface area contributed by atoms with Gasteiger partial charge in [-0.15, -0.1) is 5.92 Å². The normalized spacial score (nSPS) is 28.7. The smallest absolute Gasteiger partial charge is 0.387 e. The summed E-state index contributed by atoms with van der Waals surface area (Å²) in [7, 11) is -16.9. The molecule has 36 heavy (non-hydrogen) atoms. The number of nitrogens with one attached hydrogen (secondary N) is 1. The summed E-state index contributed by atoms with van der Waals surface area (Å²) < 4.78 is 53.7. The molecular weight excluding hydrogens is 551 g/mol. The molecule has 3 unspecified atom stereocenters. The highest BCUT2D eigenvalue weighted by molar-refractivity contribution is 7.66. The Balaban J connectivity index is 1.92. The molecule has 1 aliphatic rings. The highest BCUT2D eigenvalue weighted by Gasteiger charge is 2.57. The number of rotatable bonds is 8. The number of nitrogen functional groups attached to an aromatic ring is 1. The summed E-state index contributed by atoms with van der Waals surface area (Å²) in [4.78, 5) is 54.9. The summed E-state index contributed by atoms with van der Waals surface area (Å²) in [5.41, 5.74) is 9.51. The quantitative estimate of drug-likeness (QED) is 0.139. The van der Waals surface area contributed by atoms with E-state index in [0.29, 0.717) is 0 Å². The minimum Gasteiger partial charge on any atom is -0.387 e. The number of hydrogen-bond donors (Lipinski definition) is 8. The number of fused-ring (bicyclic) bond motifs is 1. The molecule has 1 fully saturated rings. The summed E-state index contributed by atoms with van der Waals surface area (Å²) in [6.45, 7) is 2.51. The Morgan fingerprint density at radius 3 is 2.47 bits per heavy atom. The predicted octanol–water partition coefficient (Wildman–Crippen LogP) is -0.982. The summed E-state index contributed by atoms with van der Waals surface area (Å²) in [5, 5.41) is 11.0. The maximum absolute atomic E-state index is 12.2. The fraction of sp³-hybridized carbons (Fsp3) is 0.467. The Labute approximate surface area is 201 Å². The Kier molecular flexibility index (Phi) is 7.75. The van der Waals surface area contributed by atoms with E-state index in [4.69, 9.17) is 30.5 Å². The lowest BCUT2D eigenvalue weighted by Gasteiger charge is -2.28. The zero-order chi connectivity index (χ0) is 27.3. The number of nitrogens with two attached hydrogens (primary N) is 2. The van der Waals surface area contributed by atoms with Gasteiger partial charge in [-0.3, -0.25) is 14.3 Å². The van der Waals surface area contributed by atoms with Gasteiger partial charge in [-0.25, -0.2) is 13.7 Å². The first kappa shape index (κ1) is 28.6. The van der Waals surface area contributed by atoms with Gasteiger partial charge in [0.05, 0.1) is 11.5 Å². The molecular formula is C15H22N5O13P3. The molecule has 0 bridgehead atoms. The topological polar surface area (TPSA) is 292 Å². The lowest BCUT2D eigenvalue weighted by atomic mass is 9.90. The fourth-order valence-electron chi connectivity index (χ4n) is 3.59. The van der Waals surface area contributed by atoms with Crippen LogP contribution in [0, 0.1) is 11.8 Å². The summed E-state index contributed by atoms with van der Waals surface area (Å²) >= 11 is 0. The standard InChI is InChI=1S/C15H22N5O13P3/c1-3-5-15(17)10(21)9(7(2)31-35(26,27)33-36(28,29)32-34(23,24)25)30-13(15)20-6-4-8-11(20)18-14(16)19-12(8)22/h4,6-7,9-10,13,21H,17H2,1-2H3,(H,26,27)(H,28,29)(H2,23,24,25)(H3,16,18,19,22)/t7-,9+,10-,13+,15?/m0/s1. The Bertz CT molecular complexity index is 1430. The molecule has 7 atom stereocenters. The molecule has 21 heteroatoms. The van der Waals surface area contributed by atoms with Gasteiger partial charge in [-0.1, -0.05) is 5.92 Å². The highest BCUT2D eigenvalue weighted by atomic mass is 31.3. The first-order valence-electron chi connectivity index (χ1n) is 9.64. The van der Waals surface area contributed by atoms with Gasteiger partial charge in [0.15, 0.2) is 17.4 Å². The van der Waals surface area contributed by atoms with E-state index in [0.717, 1.165) is 6.92 Å². The number of H-pyrrole nitrogens is 1. The van der Waals surface area contributed by atoms with Crippen LogP contribution in [0.5, 0.6) is 0 Å². The number of aliphatic hydroxyl groups is 1. The molecule has 0 aromatic carbocycles. The van der Waals surface area contributed by atoms with Gasteiger partial charge in [0, 0.05) is 6.20 Å². The second-order valence-electron chi connectivity index (χ2n) is 7.52. The van der Waals surface area contributed by atoms with E-state index in [1.54, 1.807) is 0 Å². The number of nitrogens with zero attached hydrogens (tertiary/aromatic N) is 2. The first-order valence-corrected chi connectivity index (χ1v) is 14.2. The molecule has 0 saturated carbocycles. The van der Waals surface area contributed by atoms with Gasteiger partial charge in [0.25, 0.3) is 5.56 Å². The third-order valence-corrected chi connectivity index (χ3v) is 8.79. The third kappa shape index (κ3) is 5.96. The molecule has 0 aliphatic carbocycles. The fourth-order valence-corrected chi connectivity index (χ4v) is 6.79. The van der Waals surface area contributed by atoms with Crippen LogP contribution >= 0.6 is 23.5 Å². The second kappa shape index (κ2) is 9.75. The largest absolute Gasteiger partial charge is 0.490 e. The molecule has 18 nitrogen and oxygen atoms in total. The Hall–Kier alpha value is -1.93. The SMILES string of the molecule is CC#CC1(N)[C@@H](O)[C@@H]([C@H](C)OP(=O)(O)OP(=O)(O)OP(=O)(O)O)O[C@H]1n1ccc2c(=O)[nH]c(N)nc21. The van der Waals surface area contributed by atoms with Crippen LogP contribution in [0.15, 0.2) is 17.1 Å². The average Bonchev–Trinajstić information content (AvgIpc) is 3.18. The summed E-state index contributed by atoms with van der Waals surface area (Å²) in [5.74, 6) is 4.90. The van der Waals surface area contributed by atoms with Crippen molar-refractivity contribution in [2.24, 2.45) is 5.73 Å². The molecule has 200 valence electrons. The van der Waals surface area contributed by atoms with Gasteiger partial charge in [-0.2, -0.15) is 13.6 Å². The van der Waals surface area contributed by atoms with Crippen LogP contribution in [0.3, 0.4) is 0 Å². The molecule has 2 aromatic rings. The van der Waals surface area contributed by atoms with Crippen LogP contribution < -0.4 is 17.0 Å². The predicted molar refractivity (Wildman–Crippen MR) is 119 cm³/mol. The van der Waals surface area contributed by atoms with Crippen molar-refractivity contribution < 1.29 is 56.3 Å². The Morgan fingerprint density at radius 2 is 1.89 bits per heavy atom. The first-order chi connectivity index (χ1) is 16.4. The Morgan fingerprint density at radius 1 is 1.25 bits per heavy atom. The number of phosphoric acid groups is 3. The van der Waals surface area contributed by atoms with Gasteiger partial charge in [0.2, 0.25) is 5.95 Å². The minimum atomic E-state index is -5.77. The zero-order valence-corrected chi connectivity index (χ0v) is 21.0. The third-order valence-electron chi connectivity index (χ3n) is 4.87. The molecule has 0 radical (unpaired) electrons. The van der Waals surface area contributed by atoms with E-state index in [-0.39, 0.29) is 17.0 Å². The molecule has 3 rings (SSSR count). The highest BCUT2D eigenvalue weighted by Crippen LogP contribution is 2.66. The van der Waals surface area contributed by atoms with Crippen molar-refractivity contribution in [3.8, 4) is 11.8 Å². The number of hydrogen-bond acceptors (Lipinski definition) is 12. The van der Waals surface area contributed by atoms with Crippen LogP contribution in [-0.4, -0.2) is 63.1 Å². The van der Waals surface area contributed by atoms with Crippen LogP contribution in [0.2, 0.25) is 0 Å². The van der Waals surface area contributed by atoms with Gasteiger partial charge in [-0.05, 0) is 19.9 Å². The summed E-state index contributed by atoms with van der Waals surface area (Å²) in [6.07, 6.45) is -4.88. The van der Waals surface area contributed by atoms with Crippen molar-refractivity contribution in [2.45, 2.75) is 43.9 Å². The number of aromatic amines is 1. The van der Waals surface area contributed by atoms with Crippen molar-refractivity contribution in [1.82, 2.24) is 14.5 Å². The monoisotopic (exact) mass is 573 g/mol. The van der Waals surface area contributed by atoms with Gasteiger partial charge in [0.1, 0.15) is 12.2 Å². The molecule has 0 amide bonds. The summed E-state index contributed by atoms with van der Waals surface area (Å²) in [6, 6.07) is 1.37. The van der Waals surface area contributed by atoms with Crippen LogP contribution in [0.1, 0.15) is 20.1 Å². The van der Waals surface area contributed by atoms with E-state index in [9.17, 15) is 33.4 Å². The average molecular weight is 573 g/mol. The van der Waals surface area contributed by atoms with Gasteiger partial charge < -0.3 is 45.5 Å². The van der Waals surface area contributed by atoms with Crippen molar-refractivity contribution in [3.63, 3.8) is 0 Å². The minimum absolute atomic E-state index is 0.0161. The van der Waals surface area contributed by atoms with Crippen LogP contribution in [-0.2, 0) is 31.6 Å². The number of aliphatic hydroxyl groups excluding tert-OH is 1. The number of phosphoric ester groups is 1. The van der Waals surface area contributed by atoms with Crippen molar-refractivity contribution in [1.29, 1.82) is 0 Å². The van der Waals surface area contributed by atoms with Crippen molar-refractivity contribution in [2.75, 3.05) is 5.73 Å². The molecule has 2 aromatic heterocycles. The maximum Gasteiger partial charge on any atom is 0.490 e. The lowest BCUT2D eigenvalue weighted by Crippen LogP contribution is -2.54. The van der Waals surface area contributed by atoms with Crippen LogP contribution in [0.25, 0.3) is 11.0 Å². The molecule has 1 saturated heterocycles. The lowest BCUT2D eigenvalue weighted by molar-refractivity contribution is -0.0732. The van der Waals surface area contributed by atoms with Crippen molar-refractivity contribution in [3.05, 3.63) is 22.6 Å². The molecule has 0 spiro atoms.